The molecule has 0 aromatic carbocycles. The summed E-state index contributed by atoms with van der Waals surface area (Å²) >= 11 is 1.25. The van der Waals surface area contributed by atoms with Gasteiger partial charge in [-0.2, -0.15) is 0 Å². The number of phosphoric ester groups is 1. The number of aliphatic hydroxyl groups is 1. The van der Waals surface area contributed by atoms with Crippen LogP contribution in [0.1, 0.15) is 149 Å². The topological polar surface area (TPSA) is 186 Å². The van der Waals surface area contributed by atoms with Crippen molar-refractivity contribution in [1.29, 1.82) is 0 Å². The molecule has 0 aromatic rings. The van der Waals surface area contributed by atoms with Crippen LogP contribution in [-0.4, -0.2) is 74.4 Å². The van der Waals surface area contributed by atoms with Gasteiger partial charge in [0.2, 0.25) is 0 Å². The third-order valence-electron chi connectivity index (χ3n) is 8.66. The molecule has 0 saturated carbocycles. The number of ether oxygens (including phenoxy) is 2. The molecule has 0 radical (unpaired) electrons. The van der Waals surface area contributed by atoms with Gasteiger partial charge in [-0.05, 0) is 51.0 Å². The van der Waals surface area contributed by atoms with Crippen LogP contribution in [0.2, 0.25) is 0 Å². The third-order valence-corrected chi connectivity index (χ3v) is 10.5. The van der Waals surface area contributed by atoms with E-state index in [9.17, 15) is 19.3 Å². The molecule has 0 bridgehead atoms. The fraction of sp³-hybridized carbons (Fsp3) is 0.714. The first-order chi connectivity index (χ1) is 26.5. The monoisotopic (exact) mass is 815 g/mol. The van der Waals surface area contributed by atoms with Gasteiger partial charge in [0.1, 0.15) is 12.6 Å². The summed E-state index contributed by atoms with van der Waals surface area (Å²) in [4.78, 5) is 42.1. The third kappa shape index (κ3) is 37.2. The summed E-state index contributed by atoms with van der Waals surface area (Å²) in [5.74, 6) is -1.59. The van der Waals surface area contributed by atoms with E-state index in [-0.39, 0.29) is 25.2 Å². The number of allylic oxidation sites excluding steroid dienone is 8. The highest BCUT2D eigenvalue weighted by molar-refractivity contribution is 8.00. The van der Waals surface area contributed by atoms with E-state index >= 15 is 0 Å². The predicted octanol–water partition coefficient (Wildman–Crippen LogP) is 9.87. The van der Waals surface area contributed by atoms with Gasteiger partial charge < -0.3 is 35.2 Å². The molecule has 0 aliphatic carbocycles. The summed E-state index contributed by atoms with van der Waals surface area (Å²) in [6, 6.07) is -1.06. The molecule has 6 N–H and O–H groups in total. The zero-order chi connectivity index (χ0) is 40.8. The Labute approximate surface area is 336 Å². The Bertz CT molecular complexity index is 1140. The van der Waals surface area contributed by atoms with Gasteiger partial charge in [0, 0.05) is 17.4 Å². The van der Waals surface area contributed by atoms with Crippen LogP contribution < -0.4 is 5.73 Å². The summed E-state index contributed by atoms with van der Waals surface area (Å²) in [6.07, 6.45) is 39.0. The number of phosphoric acid groups is 1. The van der Waals surface area contributed by atoms with Gasteiger partial charge in [-0.1, -0.05) is 146 Å². The Balaban J connectivity index is 4.85. The van der Waals surface area contributed by atoms with Crippen molar-refractivity contribution in [1.82, 2.24) is 0 Å². The molecule has 0 saturated heterocycles. The second-order valence-corrected chi connectivity index (χ2v) is 16.3. The van der Waals surface area contributed by atoms with Crippen molar-refractivity contribution in [2.45, 2.75) is 172 Å². The van der Waals surface area contributed by atoms with E-state index in [0.29, 0.717) is 6.42 Å². The average Bonchev–Trinajstić information content (AvgIpc) is 3.14. The SMILES string of the molecule is CCCCC/C=C\C\C=C/C=C/C=C/[C@@H](SC[C@H](N)C(=O)OC[C@H](COP(=O)(O)O)O/C=C/CCCCCCCCCCCCCC)[C@@H](O)CCCC(=O)O. The van der Waals surface area contributed by atoms with Crippen molar-refractivity contribution < 1.29 is 48.2 Å². The van der Waals surface area contributed by atoms with Gasteiger partial charge in [-0.3, -0.25) is 14.1 Å². The first-order valence-corrected chi connectivity index (χ1v) is 23.2. The number of nitrogens with two attached hydrogens (primary N) is 1. The number of aliphatic carboxylic acids is 1. The number of carboxylic acid groups (broad SMARTS) is 1. The Morgan fingerprint density at radius 3 is 1.96 bits per heavy atom. The molecule has 0 heterocycles. The van der Waals surface area contributed by atoms with Crippen molar-refractivity contribution in [2.75, 3.05) is 19.0 Å². The van der Waals surface area contributed by atoms with Crippen LogP contribution in [-0.2, 0) is 28.2 Å². The Kier molecular flexibility index (Phi) is 35.9. The minimum absolute atomic E-state index is 0.0642. The molecule has 13 heteroatoms. The number of hydrogen-bond acceptors (Lipinski definition) is 9. The maximum absolute atomic E-state index is 12.8. The molecular weight excluding hydrogens is 741 g/mol. The lowest BCUT2D eigenvalue weighted by molar-refractivity contribution is -0.148. The lowest BCUT2D eigenvalue weighted by Gasteiger charge is -2.21. The molecule has 0 amide bonds. The highest BCUT2D eigenvalue weighted by atomic mass is 32.2. The summed E-state index contributed by atoms with van der Waals surface area (Å²) < 4.78 is 26.8. The van der Waals surface area contributed by atoms with Crippen LogP contribution >= 0.6 is 19.6 Å². The van der Waals surface area contributed by atoms with Crippen molar-refractivity contribution in [3.8, 4) is 0 Å². The second-order valence-electron chi connectivity index (χ2n) is 13.9. The number of hydrogen-bond donors (Lipinski definition) is 5. The van der Waals surface area contributed by atoms with Crippen molar-refractivity contribution in [2.24, 2.45) is 5.73 Å². The first-order valence-electron chi connectivity index (χ1n) is 20.6. The van der Waals surface area contributed by atoms with Gasteiger partial charge in [0.25, 0.3) is 0 Å². The van der Waals surface area contributed by atoms with E-state index in [2.05, 4.69) is 30.5 Å². The van der Waals surface area contributed by atoms with E-state index in [0.717, 1.165) is 32.1 Å². The highest BCUT2D eigenvalue weighted by Crippen LogP contribution is 2.36. The van der Waals surface area contributed by atoms with E-state index in [1.165, 1.54) is 101 Å². The number of carboxylic acids is 1. The second kappa shape index (κ2) is 37.4. The maximum atomic E-state index is 12.8. The van der Waals surface area contributed by atoms with Crippen molar-refractivity contribution in [3.63, 3.8) is 0 Å². The Hall–Kier alpha value is -2.18. The van der Waals surface area contributed by atoms with Crippen LogP contribution in [0.3, 0.4) is 0 Å². The Morgan fingerprint density at radius 1 is 0.745 bits per heavy atom. The van der Waals surface area contributed by atoms with Crippen LogP contribution in [0.5, 0.6) is 0 Å². The largest absolute Gasteiger partial charge is 0.492 e. The summed E-state index contributed by atoms with van der Waals surface area (Å²) in [5.41, 5.74) is 6.12. The smallest absolute Gasteiger partial charge is 0.469 e. The molecule has 318 valence electrons. The summed E-state index contributed by atoms with van der Waals surface area (Å²) in [5, 5.41) is 19.3. The van der Waals surface area contributed by atoms with E-state index in [4.69, 9.17) is 30.1 Å². The molecule has 0 unspecified atom stereocenters. The minimum Gasteiger partial charge on any atom is -0.492 e. The molecule has 55 heavy (non-hydrogen) atoms. The van der Waals surface area contributed by atoms with Crippen LogP contribution in [0.4, 0.5) is 0 Å². The van der Waals surface area contributed by atoms with Crippen LogP contribution in [0.25, 0.3) is 0 Å². The van der Waals surface area contributed by atoms with E-state index in [1.807, 2.05) is 30.4 Å². The molecule has 0 rings (SSSR count). The van der Waals surface area contributed by atoms with Gasteiger partial charge in [0.15, 0.2) is 6.10 Å². The number of thioether (sulfide) groups is 1. The van der Waals surface area contributed by atoms with Gasteiger partial charge in [-0.25, -0.2) is 4.57 Å². The van der Waals surface area contributed by atoms with Crippen LogP contribution in [0, 0.1) is 0 Å². The normalized spacial score (nSPS) is 14.8. The average molecular weight is 816 g/mol. The number of carbonyl (C=O) groups is 2. The number of carbonyl (C=O) groups excluding carboxylic acids is 1. The predicted molar refractivity (Wildman–Crippen MR) is 226 cm³/mol. The van der Waals surface area contributed by atoms with Crippen molar-refractivity contribution in [3.05, 3.63) is 60.9 Å². The Morgan fingerprint density at radius 2 is 1.33 bits per heavy atom. The molecule has 4 atom stereocenters. The number of rotatable bonds is 38. The minimum atomic E-state index is -4.78. The standard InChI is InChI=1S/C42H74NO10PS/c1-3-5-7-9-11-13-15-17-18-20-22-24-26-28-33-51-37(35-53-54(48,49)50)34-52-42(47)38(43)36-55-40(39(44)30-29-32-41(45)46)31-27-25-23-21-19-16-14-12-10-8-6-4-2/h12,14,19,21,23,25,27-28,31,33,37-40,44H,3-11,13,15-18,20,22,24,26,29-30,32,34-36,43H2,1-2H3,(H,45,46)(H2,48,49,50)/b14-12-,21-19-,25-23+,31-27+,33-28+/t37-,38+,39+,40-/m1/s1. The van der Waals surface area contributed by atoms with E-state index < -0.39 is 49.9 Å². The molecule has 0 aromatic heterocycles. The lowest BCUT2D eigenvalue weighted by atomic mass is 10.0. The first kappa shape index (κ1) is 52.8. The molecule has 0 aliphatic heterocycles. The van der Waals surface area contributed by atoms with Crippen LogP contribution in [0.15, 0.2) is 60.9 Å². The molecular formula is C42H74NO10PS. The summed E-state index contributed by atoms with van der Waals surface area (Å²) in [6.45, 7) is 3.58. The number of unbranched alkanes of at least 4 members (excludes halogenated alkanes) is 15. The zero-order valence-electron chi connectivity index (χ0n) is 33.7. The quantitative estimate of drug-likeness (QED) is 0.00994. The fourth-order valence-corrected chi connectivity index (χ4v) is 6.88. The number of aliphatic hydroxyl groups excluding tert-OH is 1. The van der Waals surface area contributed by atoms with Gasteiger partial charge in [-0.15, -0.1) is 11.8 Å². The van der Waals surface area contributed by atoms with Gasteiger partial charge in [0.05, 0.1) is 19.0 Å². The highest BCUT2D eigenvalue weighted by Gasteiger charge is 2.24. The van der Waals surface area contributed by atoms with Crippen molar-refractivity contribution >= 4 is 31.5 Å². The molecule has 0 spiro atoms. The van der Waals surface area contributed by atoms with E-state index in [1.54, 1.807) is 12.2 Å². The molecule has 0 aliphatic rings. The number of esters is 1. The molecule has 0 fully saturated rings. The maximum Gasteiger partial charge on any atom is 0.469 e. The van der Waals surface area contributed by atoms with Gasteiger partial charge >= 0.3 is 19.8 Å². The fourth-order valence-electron chi connectivity index (χ4n) is 5.40. The summed E-state index contributed by atoms with van der Waals surface area (Å²) in [7, 11) is -4.78. The zero-order valence-corrected chi connectivity index (χ0v) is 35.4. The lowest BCUT2D eigenvalue weighted by Crippen LogP contribution is -2.38. The molecule has 11 nitrogen and oxygen atoms in total.